The van der Waals surface area contributed by atoms with Crippen molar-refractivity contribution in [3.8, 4) is 0 Å². The lowest BCUT2D eigenvalue weighted by molar-refractivity contribution is -0.248. The summed E-state index contributed by atoms with van der Waals surface area (Å²) < 4.78 is 103. The predicted octanol–water partition coefficient (Wildman–Crippen LogP) is 5.35. The fourth-order valence-corrected chi connectivity index (χ4v) is 5.64. The molecule has 0 radical (unpaired) electrons. The standard InChI is InChI=1S/C20H23F7O4/c1-11(2)14(28)30-16-4-12-3-13(5-16)7-17(6-12,8-16)31-15(29)19(23,24)9-18(21,22)10-20(25,26)27/h12-13H,1,3-10H2,2H3. The number of carbonyl (C=O) groups excluding carboxylic acids is 2. The molecule has 4 rings (SSSR count). The third-order valence-electron chi connectivity index (χ3n) is 6.16. The first kappa shape index (κ1) is 23.8. The molecule has 0 N–H and O–H groups in total. The monoisotopic (exact) mass is 460 g/mol. The summed E-state index contributed by atoms with van der Waals surface area (Å²) >= 11 is 0. The molecule has 0 aromatic carbocycles. The van der Waals surface area contributed by atoms with E-state index >= 15 is 0 Å². The molecule has 0 amide bonds. The van der Waals surface area contributed by atoms with E-state index in [2.05, 4.69) is 6.58 Å². The summed E-state index contributed by atoms with van der Waals surface area (Å²) in [7, 11) is 0. The van der Waals surface area contributed by atoms with Gasteiger partial charge >= 0.3 is 24.0 Å². The number of esters is 2. The van der Waals surface area contributed by atoms with E-state index in [1.54, 1.807) is 0 Å². The van der Waals surface area contributed by atoms with Gasteiger partial charge in [-0.1, -0.05) is 6.58 Å². The number of alkyl halides is 7. The van der Waals surface area contributed by atoms with Gasteiger partial charge in [-0.2, -0.15) is 22.0 Å². The van der Waals surface area contributed by atoms with E-state index < -0.39 is 54.0 Å². The molecule has 11 heteroatoms. The predicted molar refractivity (Wildman–Crippen MR) is 92.3 cm³/mol. The Bertz CT molecular complexity index is 760. The average molecular weight is 460 g/mol. The Morgan fingerprint density at radius 2 is 1.39 bits per heavy atom. The molecular formula is C20H23F7O4. The first-order chi connectivity index (χ1) is 13.9. The highest BCUT2D eigenvalue weighted by Gasteiger charge is 2.63. The summed E-state index contributed by atoms with van der Waals surface area (Å²) in [6.45, 7) is 4.95. The van der Waals surface area contributed by atoms with Crippen molar-refractivity contribution >= 4 is 11.9 Å². The molecule has 176 valence electrons. The van der Waals surface area contributed by atoms with Gasteiger partial charge in [-0.3, -0.25) is 0 Å². The van der Waals surface area contributed by atoms with Crippen LogP contribution < -0.4 is 0 Å². The van der Waals surface area contributed by atoms with Gasteiger partial charge in [0, 0.05) is 12.0 Å². The molecule has 4 aliphatic rings. The summed E-state index contributed by atoms with van der Waals surface area (Å²) in [6, 6.07) is 0. The third kappa shape index (κ3) is 5.34. The van der Waals surface area contributed by atoms with Crippen LogP contribution in [0.25, 0.3) is 0 Å². The Labute approximate surface area is 174 Å². The van der Waals surface area contributed by atoms with Gasteiger partial charge in [0.1, 0.15) is 17.6 Å². The van der Waals surface area contributed by atoms with Gasteiger partial charge in [0.05, 0.1) is 6.42 Å². The van der Waals surface area contributed by atoms with Crippen molar-refractivity contribution in [3.05, 3.63) is 12.2 Å². The van der Waals surface area contributed by atoms with Gasteiger partial charge < -0.3 is 9.47 Å². The minimum absolute atomic E-state index is 0.0627. The number of hydrogen-bond acceptors (Lipinski definition) is 4. The molecule has 4 saturated carbocycles. The van der Waals surface area contributed by atoms with Crippen molar-refractivity contribution in [2.24, 2.45) is 11.8 Å². The van der Waals surface area contributed by atoms with Crippen molar-refractivity contribution in [1.29, 1.82) is 0 Å². The van der Waals surface area contributed by atoms with Crippen LogP contribution in [-0.4, -0.2) is 41.2 Å². The molecule has 0 spiro atoms. The molecule has 0 heterocycles. The lowest BCUT2D eigenvalue weighted by atomic mass is 9.52. The van der Waals surface area contributed by atoms with Crippen molar-refractivity contribution in [2.45, 2.75) is 87.5 Å². The van der Waals surface area contributed by atoms with Gasteiger partial charge in [-0.25, -0.2) is 18.4 Å². The van der Waals surface area contributed by atoms with Crippen LogP contribution >= 0.6 is 0 Å². The van der Waals surface area contributed by atoms with E-state index in [0.717, 1.165) is 6.42 Å². The van der Waals surface area contributed by atoms with Crippen molar-refractivity contribution in [3.63, 3.8) is 0 Å². The molecule has 4 aliphatic carbocycles. The molecule has 4 nitrogen and oxygen atoms in total. The van der Waals surface area contributed by atoms with E-state index in [4.69, 9.17) is 9.47 Å². The topological polar surface area (TPSA) is 52.6 Å². The Hall–Kier alpha value is -1.81. The molecular weight excluding hydrogens is 437 g/mol. The summed E-state index contributed by atoms with van der Waals surface area (Å²) in [5, 5.41) is 0. The van der Waals surface area contributed by atoms with Crippen LogP contribution in [-0.2, 0) is 19.1 Å². The normalized spacial score (nSPS) is 32.6. The zero-order valence-electron chi connectivity index (χ0n) is 16.8. The zero-order chi connectivity index (χ0) is 23.5. The molecule has 2 unspecified atom stereocenters. The zero-order valence-corrected chi connectivity index (χ0v) is 16.8. The molecule has 0 aromatic rings. The number of hydrogen-bond donors (Lipinski definition) is 0. The van der Waals surface area contributed by atoms with E-state index in [1.807, 2.05) is 0 Å². The summed E-state index contributed by atoms with van der Waals surface area (Å²) in [4.78, 5) is 24.2. The van der Waals surface area contributed by atoms with Crippen LogP contribution in [0.5, 0.6) is 0 Å². The van der Waals surface area contributed by atoms with Crippen molar-refractivity contribution < 1.29 is 49.8 Å². The maximum absolute atomic E-state index is 14.2. The van der Waals surface area contributed by atoms with E-state index in [9.17, 15) is 40.3 Å². The minimum Gasteiger partial charge on any atom is -0.456 e. The fraction of sp³-hybridized carbons (Fsp3) is 0.800. The summed E-state index contributed by atoms with van der Waals surface area (Å²) in [5.74, 6) is -12.7. The van der Waals surface area contributed by atoms with E-state index in [0.29, 0.717) is 12.8 Å². The van der Waals surface area contributed by atoms with E-state index in [1.165, 1.54) is 6.92 Å². The van der Waals surface area contributed by atoms with Crippen LogP contribution in [0, 0.1) is 11.8 Å². The second-order valence-corrected chi connectivity index (χ2v) is 9.42. The smallest absolute Gasteiger partial charge is 0.394 e. The third-order valence-corrected chi connectivity index (χ3v) is 6.16. The van der Waals surface area contributed by atoms with Crippen LogP contribution in [0.1, 0.15) is 58.3 Å². The maximum Gasteiger partial charge on any atom is 0.394 e. The summed E-state index contributed by atoms with van der Waals surface area (Å²) in [5.41, 5.74) is -2.32. The number of carbonyl (C=O) groups is 2. The first-order valence-electron chi connectivity index (χ1n) is 9.89. The average Bonchev–Trinajstić information content (AvgIpc) is 2.48. The minimum atomic E-state index is -5.37. The van der Waals surface area contributed by atoms with Gasteiger partial charge in [0.25, 0.3) is 5.92 Å². The van der Waals surface area contributed by atoms with Gasteiger partial charge in [-0.15, -0.1) is 0 Å². The Kier molecular flexibility index (Phi) is 5.67. The van der Waals surface area contributed by atoms with Crippen LogP contribution in [0.3, 0.4) is 0 Å². The highest BCUT2D eigenvalue weighted by Crippen LogP contribution is 2.60. The van der Waals surface area contributed by atoms with Crippen LogP contribution in [0.4, 0.5) is 30.7 Å². The number of halogens is 7. The van der Waals surface area contributed by atoms with Crippen molar-refractivity contribution in [2.75, 3.05) is 0 Å². The quantitative estimate of drug-likeness (QED) is 0.292. The Morgan fingerprint density at radius 3 is 1.84 bits per heavy atom. The lowest BCUT2D eigenvalue weighted by Crippen LogP contribution is -2.62. The maximum atomic E-state index is 14.2. The second kappa shape index (κ2) is 7.37. The van der Waals surface area contributed by atoms with Crippen LogP contribution in [0.2, 0.25) is 0 Å². The second-order valence-electron chi connectivity index (χ2n) is 9.42. The Morgan fingerprint density at radius 1 is 0.903 bits per heavy atom. The van der Waals surface area contributed by atoms with Gasteiger partial charge in [0.15, 0.2) is 0 Å². The lowest BCUT2D eigenvalue weighted by Gasteiger charge is -2.60. The highest BCUT2D eigenvalue weighted by atomic mass is 19.4. The van der Waals surface area contributed by atoms with Crippen molar-refractivity contribution in [1.82, 2.24) is 0 Å². The molecule has 2 atom stereocenters. The van der Waals surface area contributed by atoms with E-state index in [-0.39, 0.29) is 36.7 Å². The fourth-order valence-electron chi connectivity index (χ4n) is 5.64. The Balaban J connectivity index is 1.74. The summed E-state index contributed by atoms with van der Waals surface area (Å²) in [6.07, 6.45) is -8.74. The molecule has 0 saturated heterocycles. The number of ether oxygens (including phenoxy) is 2. The first-order valence-corrected chi connectivity index (χ1v) is 9.89. The SMILES string of the molecule is C=C(C)C(=O)OC12CC3CC(C1)CC(OC(=O)C(F)(F)CC(F)(F)CC(F)(F)F)(C3)C2. The molecule has 31 heavy (non-hydrogen) atoms. The molecule has 0 aliphatic heterocycles. The van der Waals surface area contributed by atoms with Gasteiger partial charge in [0.2, 0.25) is 0 Å². The molecule has 0 aromatic heterocycles. The molecule has 4 bridgehead atoms. The largest absolute Gasteiger partial charge is 0.456 e. The number of rotatable bonds is 7. The van der Waals surface area contributed by atoms with Crippen LogP contribution in [0.15, 0.2) is 12.2 Å². The highest BCUT2D eigenvalue weighted by molar-refractivity contribution is 5.87. The van der Waals surface area contributed by atoms with Gasteiger partial charge in [-0.05, 0) is 50.9 Å². The molecule has 4 fully saturated rings.